The Balaban J connectivity index is 1.39. The first-order chi connectivity index (χ1) is 9.28. The third-order valence-corrected chi connectivity index (χ3v) is 6.08. The molecule has 3 aliphatic rings. The SMILES string of the molecule is NCCc1nc(C(=O)NC2C3C4CCC(C4)C23)cs1. The second kappa shape index (κ2) is 4.28. The number of hydrogen-bond acceptors (Lipinski definition) is 4. The molecule has 19 heavy (non-hydrogen) atoms. The topological polar surface area (TPSA) is 68.0 Å². The van der Waals surface area contributed by atoms with Crippen molar-refractivity contribution in [2.24, 2.45) is 29.4 Å². The van der Waals surface area contributed by atoms with Crippen LogP contribution in [0.3, 0.4) is 0 Å². The summed E-state index contributed by atoms with van der Waals surface area (Å²) in [7, 11) is 0. The first-order valence-corrected chi connectivity index (χ1v) is 8.11. The second-order valence-electron chi connectivity index (χ2n) is 6.15. The predicted molar refractivity (Wildman–Crippen MR) is 73.9 cm³/mol. The number of amides is 1. The molecule has 5 heteroatoms. The van der Waals surface area contributed by atoms with Gasteiger partial charge in [-0.15, -0.1) is 11.3 Å². The van der Waals surface area contributed by atoms with Gasteiger partial charge in [-0.3, -0.25) is 4.79 Å². The van der Waals surface area contributed by atoms with Crippen molar-refractivity contribution in [3.05, 3.63) is 16.1 Å². The van der Waals surface area contributed by atoms with Crippen molar-refractivity contribution in [2.45, 2.75) is 31.7 Å². The summed E-state index contributed by atoms with van der Waals surface area (Å²) < 4.78 is 0. The molecule has 102 valence electrons. The number of thiazole rings is 1. The summed E-state index contributed by atoms with van der Waals surface area (Å²) in [6.07, 6.45) is 4.95. The number of rotatable bonds is 4. The Kier molecular flexibility index (Phi) is 2.67. The minimum atomic E-state index is 0.0123. The van der Waals surface area contributed by atoms with Crippen LogP contribution in [0, 0.1) is 23.7 Å². The van der Waals surface area contributed by atoms with Gasteiger partial charge >= 0.3 is 0 Å². The molecule has 0 aromatic carbocycles. The molecule has 0 radical (unpaired) electrons. The van der Waals surface area contributed by atoms with Gasteiger partial charge in [-0.2, -0.15) is 0 Å². The molecular weight excluding hydrogens is 258 g/mol. The van der Waals surface area contributed by atoms with Gasteiger partial charge in [-0.25, -0.2) is 4.98 Å². The lowest BCUT2D eigenvalue weighted by Gasteiger charge is -2.09. The van der Waals surface area contributed by atoms with E-state index in [4.69, 9.17) is 5.73 Å². The number of carbonyl (C=O) groups is 1. The van der Waals surface area contributed by atoms with Gasteiger partial charge in [0.1, 0.15) is 5.69 Å². The van der Waals surface area contributed by atoms with Gasteiger partial charge in [0.15, 0.2) is 0 Å². The highest BCUT2D eigenvalue weighted by Gasteiger charge is 2.65. The summed E-state index contributed by atoms with van der Waals surface area (Å²) >= 11 is 1.53. The molecular formula is C14H19N3OS. The normalized spacial score (nSPS) is 38.3. The molecule has 3 aliphatic carbocycles. The second-order valence-corrected chi connectivity index (χ2v) is 7.09. The van der Waals surface area contributed by atoms with E-state index in [1.165, 1.54) is 30.6 Å². The number of hydrogen-bond donors (Lipinski definition) is 2. The van der Waals surface area contributed by atoms with Crippen LogP contribution in [-0.2, 0) is 6.42 Å². The Labute approximate surface area is 116 Å². The lowest BCUT2D eigenvalue weighted by atomic mass is 10.0. The van der Waals surface area contributed by atoms with Gasteiger partial charge in [-0.1, -0.05) is 0 Å². The molecule has 1 aromatic heterocycles. The van der Waals surface area contributed by atoms with Gasteiger partial charge in [0, 0.05) is 17.8 Å². The Morgan fingerprint density at radius 3 is 2.84 bits per heavy atom. The Morgan fingerprint density at radius 1 is 1.42 bits per heavy atom. The van der Waals surface area contributed by atoms with Crippen molar-refractivity contribution in [2.75, 3.05) is 6.54 Å². The molecule has 2 bridgehead atoms. The van der Waals surface area contributed by atoms with Crippen molar-refractivity contribution >= 4 is 17.2 Å². The molecule has 4 unspecified atom stereocenters. The van der Waals surface area contributed by atoms with Gasteiger partial charge in [0.05, 0.1) is 5.01 Å². The summed E-state index contributed by atoms with van der Waals surface area (Å²) in [5.41, 5.74) is 6.08. The van der Waals surface area contributed by atoms with Crippen LogP contribution in [0.2, 0.25) is 0 Å². The smallest absolute Gasteiger partial charge is 0.270 e. The van der Waals surface area contributed by atoms with E-state index in [9.17, 15) is 4.79 Å². The van der Waals surface area contributed by atoms with Crippen molar-refractivity contribution in [3.8, 4) is 0 Å². The van der Waals surface area contributed by atoms with Crippen LogP contribution in [0.5, 0.6) is 0 Å². The fourth-order valence-corrected chi connectivity index (χ4v) is 5.19. The van der Waals surface area contributed by atoms with Crippen molar-refractivity contribution < 1.29 is 4.79 Å². The van der Waals surface area contributed by atoms with Gasteiger partial charge < -0.3 is 11.1 Å². The third-order valence-electron chi connectivity index (χ3n) is 5.18. The molecule has 0 spiro atoms. The molecule has 3 fully saturated rings. The first kappa shape index (κ1) is 11.9. The maximum Gasteiger partial charge on any atom is 0.270 e. The first-order valence-electron chi connectivity index (χ1n) is 7.23. The zero-order valence-electron chi connectivity index (χ0n) is 10.8. The van der Waals surface area contributed by atoms with Gasteiger partial charge in [0.2, 0.25) is 0 Å². The van der Waals surface area contributed by atoms with E-state index in [0.29, 0.717) is 18.3 Å². The molecule has 0 saturated heterocycles. The van der Waals surface area contributed by atoms with Crippen molar-refractivity contribution in [3.63, 3.8) is 0 Å². The molecule has 3 N–H and O–H groups in total. The molecule has 4 nitrogen and oxygen atoms in total. The number of nitrogens with two attached hydrogens (primary N) is 1. The molecule has 1 heterocycles. The monoisotopic (exact) mass is 277 g/mol. The summed E-state index contributed by atoms with van der Waals surface area (Å²) in [5.74, 6) is 3.36. The van der Waals surface area contributed by atoms with Gasteiger partial charge in [-0.05, 0) is 49.5 Å². The Hall–Kier alpha value is -0.940. The molecule has 1 aromatic rings. The average molecular weight is 277 g/mol. The summed E-state index contributed by atoms with van der Waals surface area (Å²) in [5, 5.41) is 6.02. The van der Waals surface area contributed by atoms with E-state index in [2.05, 4.69) is 10.3 Å². The van der Waals surface area contributed by atoms with Crippen molar-refractivity contribution in [1.29, 1.82) is 0 Å². The average Bonchev–Trinajstić information content (AvgIpc) is 2.83. The standard InChI is InChI=1S/C14H19N3OS/c15-4-3-10-16-9(6-19-10)14(18)17-13-11-7-1-2-8(5-7)12(11)13/h6-8,11-13H,1-5,15H2,(H,17,18). The zero-order chi connectivity index (χ0) is 13.0. The highest BCUT2D eigenvalue weighted by atomic mass is 32.1. The maximum atomic E-state index is 12.2. The van der Waals surface area contributed by atoms with E-state index < -0.39 is 0 Å². The van der Waals surface area contributed by atoms with Crippen LogP contribution in [0.4, 0.5) is 0 Å². The minimum Gasteiger partial charge on any atom is -0.347 e. The van der Waals surface area contributed by atoms with Crippen LogP contribution in [-0.4, -0.2) is 23.5 Å². The lowest BCUT2D eigenvalue weighted by Crippen LogP contribution is -2.30. The quantitative estimate of drug-likeness (QED) is 0.874. The Bertz CT molecular complexity index is 499. The number of fused-ring (bicyclic) bond motifs is 5. The van der Waals surface area contributed by atoms with Crippen LogP contribution in [0.15, 0.2) is 5.38 Å². The predicted octanol–water partition coefficient (Wildman–Crippen LogP) is 1.42. The van der Waals surface area contributed by atoms with Crippen LogP contribution in [0.1, 0.15) is 34.8 Å². The largest absolute Gasteiger partial charge is 0.347 e. The van der Waals surface area contributed by atoms with E-state index in [1.54, 1.807) is 0 Å². The molecule has 3 saturated carbocycles. The summed E-state index contributed by atoms with van der Waals surface area (Å²) in [4.78, 5) is 16.5. The zero-order valence-corrected chi connectivity index (χ0v) is 11.7. The summed E-state index contributed by atoms with van der Waals surface area (Å²) in [6, 6.07) is 0.443. The van der Waals surface area contributed by atoms with E-state index >= 15 is 0 Å². The van der Waals surface area contributed by atoms with Crippen LogP contribution in [0.25, 0.3) is 0 Å². The van der Waals surface area contributed by atoms with Crippen LogP contribution < -0.4 is 11.1 Å². The maximum absolute atomic E-state index is 12.2. The summed E-state index contributed by atoms with van der Waals surface area (Å²) in [6.45, 7) is 0.588. The number of aromatic nitrogens is 1. The van der Waals surface area contributed by atoms with Crippen LogP contribution >= 0.6 is 11.3 Å². The van der Waals surface area contributed by atoms with E-state index in [1.807, 2.05) is 5.38 Å². The minimum absolute atomic E-state index is 0.0123. The van der Waals surface area contributed by atoms with Gasteiger partial charge in [0.25, 0.3) is 5.91 Å². The van der Waals surface area contributed by atoms with E-state index in [0.717, 1.165) is 35.1 Å². The highest BCUT2D eigenvalue weighted by molar-refractivity contribution is 7.09. The number of carbonyl (C=O) groups excluding carboxylic acids is 1. The number of nitrogens with zero attached hydrogens (tertiary/aromatic N) is 1. The molecule has 0 aliphatic heterocycles. The van der Waals surface area contributed by atoms with E-state index in [-0.39, 0.29) is 5.91 Å². The number of nitrogens with one attached hydrogen (secondary N) is 1. The Morgan fingerprint density at radius 2 is 2.16 bits per heavy atom. The highest BCUT2D eigenvalue weighted by Crippen LogP contribution is 2.65. The fourth-order valence-electron chi connectivity index (χ4n) is 4.40. The fraction of sp³-hybridized carbons (Fsp3) is 0.714. The lowest BCUT2D eigenvalue weighted by molar-refractivity contribution is 0.0940. The van der Waals surface area contributed by atoms with Crippen molar-refractivity contribution in [1.82, 2.24) is 10.3 Å². The molecule has 4 rings (SSSR count). The third kappa shape index (κ3) is 1.82. The molecule has 1 amide bonds. The molecule has 4 atom stereocenters.